The molecule has 2 aromatic carbocycles. The molecule has 0 unspecified atom stereocenters. The van der Waals surface area contributed by atoms with Crippen LogP contribution in [0.25, 0.3) is 11.1 Å². The molecule has 0 amide bonds. The number of methoxy groups -OCH3 is 1. The van der Waals surface area contributed by atoms with Gasteiger partial charge in [0.25, 0.3) is 6.01 Å². The Morgan fingerprint density at radius 2 is 2.10 bits per heavy atom. The Kier molecular flexibility index (Phi) is 3.12. The number of ether oxygens (including phenoxy) is 1. The molecule has 0 saturated heterocycles. The molecule has 20 heavy (non-hydrogen) atoms. The number of anilines is 3. The van der Waals surface area contributed by atoms with Crippen molar-refractivity contribution >= 4 is 40.1 Å². The summed E-state index contributed by atoms with van der Waals surface area (Å²) < 4.78 is 10.8. The van der Waals surface area contributed by atoms with Gasteiger partial charge in [0.15, 0.2) is 5.58 Å². The average molecular weight is 290 g/mol. The number of nitrogens with zero attached hydrogens (tertiary/aromatic N) is 1. The van der Waals surface area contributed by atoms with E-state index in [1.54, 1.807) is 43.5 Å². The third-order valence-electron chi connectivity index (χ3n) is 2.82. The SMILES string of the molecule is COc1cc(N)ccc1Nc1nc2cc(Cl)ccc2o1. The van der Waals surface area contributed by atoms with Crippen molar-refractivity contribution in [3.8, 4) is 5.75 Å². The van der Waals surface area contributed by atoms with Crippen LogP contribution in [-0.2, 0) is 0 Å². The molecule has 0 atom stereocenters. The van der Waals surface area contributed by atoms with Crippen molar-refractivity contribution < 1.29 is 9.15 Å². The second-order valence-corrected chi connectivity index (χ2v) is 4.65. The van der Waals surface area contributed by atoms with E-state index in [1.807, 2.05) is 0 Å². The van der Waals surface area contributed by atoms with Gasteiger partial charge in [-0.1, -0.05) is 11.6 Å². The number of nitrogens with two attached hydrogens (primary N) is 1. The van der Waals surface area contributed by atoms with E-state index in [2.05, 4.69) is 10.3 Å². The normalized spacial score (nSPS) is 10.7. The molecule has 1 aromatic heterocycles. The van der Waals surface area contributed by atoms with Crippen molar-refractivity contribution in [1.82, 2.24) is 4.98 Å². The smallest absolute Gasteiger partial charge is 0.300 e. The minimum atomic E-state index is 0.366. The van der Waals surface area contributed by atoms with Gasteiger partial charge >= 0.3 is 0 Å². The van der Waals surface area contributed by atoms with Gasteiger partial charge in [-0.15, -0.1) is 0 Å². The van der Waals surface area contributed by atoms with Gasteiger partial charge in [-0.05, 0) is 30.3 Å². The zero-order valence-electron chi connectivity index (χ0n) is 10.7. The minimum absolute atomic E-state index is 0.366. The van der Waals surface area contributed by atoms with E-state index < -0.39 is 0 Å². The standard InChI is InChI=1S/C14H12ClN3O2/c1-19-13-7-9(16)3-4-10(13)17-14-18-11-6-8(15)2-5-12(11)20-14/h2-7H,16H2,1H3,(H,17,18). The average Bonchev–Trinajstić information content (AvgIpc) is 2.82. The van der Waals surface area contributed by atoms with Crippen LogP contribution in [0.4, 0.5) is 17.4 Å². The highest BCUT2D eigenvalue weighted by atomic mass is 35.5. The molecule has 0 aliphatic heterocycles. The lowest BCUT2D eigenvalue weighted by Gasteiger charge is -2.08. The summed E-state index contributed by atoms with van der Waals surface area (Å²) in [4.78, 5) is 4.32. The molecular formula is C14H12ClN3O2. The first-order valence-electron chi connectivity index (χ1n) is 5.92. The van der Waals surface area contributed by atoms with Crippen molar-refractivity contribution in [2.45, 2.75) is 0 Å². The molecule has 0 aliphatic rings. The van der Waals surface area contributed by atoms with Crippen molar-refractivity contribution in [3.63, 3.8) is 0 Å². The molecular weight excluding hydrogens is 278 g/mol. The highest BCUT2D eigenvalue weighted by Gasteiger charge is 2.09. The molecule has 0 radical (unpaired) electrons. The van der Waals surface area contributed by atoms with Gasteiger partial charge in [0.05, 0.1) is 12.8 Å². The lowest BCUT2D eigenvalue weighted by atomic mass is 10.2. The molecule has 0 aliphatic carbocycles. The Labute approximate surface area is 120 Å². The van der Waals surface area contributed by atoms with Crippen molar-refractivity contribution in [2.75, 3.05) is 18.2 Å². The maximum atomic E-state index is 5.92. The predicted octanol–water partition coefficient (Wildman–Crippen LogP) is 3.82. The van der Waals surface area contributed by atoms with Crippen LogP contribution in [0.5, 0.6) is 5.75 Å². The number of benzene rings is 2. The van der Waals surface area contributed by atoms with Gasteiger partial charge in [-0.2, -0.15) is 4.98 Å². The lowest BCUT2D eigenvalue weighted by molar-refractivity contribution is 0.417. The molecule has 0 saturated carbocycles. The highest BCUT2D eigenvalue weighted by Crippen LogP contribution is 2.31. The first kappa shape index (κ1) is 12.6. The number of hydrogen-bond acceptors (Lipinski definition) is 5. The fourth-order valence-electron chi connectivity index (χ4n) is 1.88. The number of oxazole rings is 1. The fraction of sp³-hybridized carbons (Fsp3) is 0.0714. The van der Waals surface area contributed by atoms with Crippen LogP contribution in [0.15, 0.2) is 40.8 Å². The summed E-state index contributed by atoms with van der Waals surface area (Å²) in [5, 5.41) is 3.67. The lowest BCUT2D eigenvalue weighted by Crippen LogP contribution is -1.96. The van der Waals surface area contributed by atoms with Crippen molar-refractivity contribution in [1.29, 1.82) is 0 Å². The molecule has 0 fully saturated rings. The van der Waals surface area contributed by atoms with Gasteiger partial charge in [0.1, 0.15) is 11.3 Å². The van der Waals surface area contributed by atoms with Gasteiger partial charge in [-0.3, -0.25) is 0 Å². The van der Waals surface area contributed by atoms with Crippen LogP contribution >= 0.6 is 11.6 Å². The monoisotopic (exact) mass is 289 g/mol. The molecule has 5 nitrogen and oxygen atoms in total. The zero-order valence-corrected chi connectivity index (χ0v) is 11.4. The Morgan fingerprint density at radius 3 is 2.90 bits per heavy atom. The predicted molar refractivity (Wildman–Crippen MR) is 79.7 cm³/mol. The number of nitrogen functional groups attached to an aromatic ring is 1. The van der Waals surface area contributed by atoms with Crippen LogP contribution in [0, 0.1) is 0 Å². The summed E-state index contributed by atoms with van der Waals surface area (Å²) in [5.41, 5.74) is 8.40. The molecule has 3 aromatic rings. The Hall–Kier alpha value is -2.40. The molecule has 0 bridgehead atoms. The summed E-state index contributed by atoms with van der Waals surface area (Å²) in [5.74, 6) is 0.616. The maximum absolute atomic E-state index is 5.92. The quantitative estimate of drug-likeness (QED) is 0.717. The largest absolute Gasteiger partial charge is 0.494 e. The molecule has 3 N–H and O–H groups in total. The minimum Gasteiger partial charge on any atom is -0.494 e. The first-order valence-corrected chi connectivity index (χ1v) is 6.30. The topological polar surface area (TPSA) is 73.3 Å². The van der Waals surface area contributed by atoms with Gasteiger partial charge in [-0.25, -0.2) is 0 Å². The summed E-state index contributed by atoms with van der Waals surface area (Å²) in [7, 11) is 1.58. The third-order valence-corrected chi connectivity index (χ3v) is 3.05. The maximum Gasteiger partial charge on any atom is 0.300 e. The fourth-order valence-corrected chi connectivity index (χ4v) is 2.05. The zero-order chi connectivity index (χ0) is 14.1. The van der Waals surface area contributed by atoms with E-state index in [0.29, 0.717) is 33.6 Å². The van der Waals surface area contributed by atoms with E-state index in [1.165, 1.54) is 0 Å². The number of rotatable bonds is 3. The molecule has 102 valence electrons. The molecule has 3 rings (SSSR count). The number of halogens is 1. The highest BCUT2D eigenvalue weighted by molar-refractivity contribution is 6.31. The van der Waals surface area contributed by atoms with E-state index >= 15 is 0 Å². The number of aromatic nitrogens is 1. The van der Waals surface area contributed by atoms with E-state index in [4.69, 9.17) is 26.5 Å². The van der Waals surface area contributed by atoms with Crippen LogP contribution in [0.2, 0.25) is 5.02 Å². The molecule has 1 heterocycles. The van der Waals surface area contributed by atoms with Crippen LogP contribution in [0.3, 0.4) is 0 Å². The number of nitrogens with one attached hydrogen (secondary N) is 1. The van der Waals surface area contributed by atoms with E-state index in [0.717, 1.165) is 5.69 Å². The number of fused-ring (bicyclic) bond motifs is 1. The second kappa shape index (κ2) is 4.94. The van der Waals surface area contributed by atoms with Crippen LogP contribution < -0.4 is 15.8 Å². The second-order valence-electron chi connectivity index (χ2n) is 4.22. The Balaban J connectivity index is 1.96. The van der Waals surface area contributed by atoms with Gasteiger partial charge < -0.3 is 20.2 Å². The van der Waals surface area contributed by atoms with E-state index in [9.17, 15) is 0 Å². The summed E-state index contributed by atoms with van der Waals surface area (Å²) >= 11 is 5.92. The summed E-state index contributed by atoms with van der Waals surface area (Å²) in [6.07, 6.45) is 0. The van der Waals surface area contributed by atoms with Crippen molar-refractivity contribution in [3.05, 3.63) is 41.4 Å². The van der Waals surface area contributed by atoms with Crippen molar-refractivity contribution in [2.24, 2.45) is 0 Å². The van der Waals surface area contributed by atoms with Gasteiger partial charge in [0, 0.05) is 16.8 Å². The third kappa shape index (κ3) is 2.35. The summed E-state index contributed by atoms with van der Waals surface area (Å²) in [6.45, 7) is 0. The summed E-state index contributed by atoms with van der Waals surface area (Å²) in [6, 6.07) is 10.9. The first-order chi connectivity index (χ1) is 9.65. The Bertz CT molecular complexity index is 770. The van der Waals surface area contributed by atoms with E-state index in [-0.39, 0.29) is 0 Å². The Morgan fingerprint density at radius 1 is 1.25 bits per heavy atom. The van der Waals surface area contributed by atoms with Gasteiger partial charge in [0.2, 0.25) is 0 Å². The molecule has 6 heteroatoms. The van der Waals surface area contributed by atoms with Crippen LogP contribution in [-0.4, -0.2) is 12.1 Å². The number of hydrogen-bond donors (Lipinski definition) is 2. The van der Waals surface area contributed by atoms with Crippen LogP contribution in [0.1, 0.15) is 0 Å². The molecule has 0 spiro atoms.